The molecule has 1 atom stereocenters. The first-order valence-corrected chi connectivity index (χ1v) is 9.47. The van der Waals surface area contributed by atoms with Crippen molar-refractivity contribution in [3.8, 4) is 0 Å². The Kier molecular flexibility index (Phi) is 5.20. The molecule has 0 aliphatic carbocycles. The number of benzene rings is 1. The molecule has 108 valence electrons. The van der Waals surface area contributed by atoms with Gasteiger partial charge in [0.2, 0.25) is 0 Å². The molecule has 0 amide bonds. The smallest absolute Gasteiger partial charge is 0.156 e. The van der Waals surface area contributed by atoms with Crippen molar-refractivity contribution in [1.82, 2.24) is 0 Å². The van der Waals surface area contributed by atoms with Gasteiger partial charge in [-0.15, -0.1) is 0 Å². The average molecular weight is 368 g/mol. The van der Waals surface area contributed by atoms with Gasteiger partial charge in [-0.3, -0.25) is 4.21 Å². The van der Waals surface area contributed by atoms with E-state index in [0.717, 1.165) is 0 Å². The molecule has 0 aromatic heterocycles. The third-order valence-electron chi connectivity index (χ3n) is 2.67. The molecule has 0 fully saturated rings. The van der Waals surface area contributed by atoms with Crippen LogP contribution >= 0.6 is 15.9 Å². The lowest BCUT2D eigenvalue weighted by Gasteiger charge is -2.18. The summed E-state index contributed by atoms with van der Waals surface area (Å²) < 4.78 is 35.9. The fourth-order valence-electron chi connectivity index (χ4n) is 1.30. The molecule has 19 heavy (non-hydrogen) atoms. The largest absolute Gasteiger partial charge is 0.399 e. The topological polar surface area (TPSA) is 77.2 Å². The Balaban J connectivity index is 2.82. The first-order chi connectivity index (χ1) is 8.54. The van der Waals surface area contributed by atoms with Crippen LogP contribution in [0.1, 0.15) is 20.8 Å². The Morgan fingerprint density at radius 1 is 1.32 bits per heavy atom. The third-order valence-corrected chi connectivity index (χ3v) is 7.88. The zero-order valence-corrected chi connectivity index (χ0v) is 14.4. The fraction of sp³-hybridized carbons (Fsp3) is 0.500. The van der Waals surface area contributed by atoms with E-state index in [9.17, 15) is 12.6 Å². The van der Waals surface area contributed by atoms with Crippen molar-refractivity contribution in [1.29, 1.82) is 0 Å². The molecule has 0 heterocycles. The van der Waals surface area contributed by atoms with E-state index in [1.165, 1.54) is 0 Å². The second-order valence-electron chi connectivity index (χ2n) is 5.17. The second-order valence-corrected chi connectivity index (χ2v) is 10.4. The minimum Gasteiger partial charge on any atom is -0.399 e. The van der Waals surface area contributed by atoms with E-state index in [0.29, 0.717) is 15.1 Å². The van der Waals surface area contributed by atoms with E-state index in [4.69, 9.17) is 5.73 Å². The van der Waals surface area contributed by atoms with Gasteiger partial charge in [0.05, 0.1) is 26.2 Å². The van der Waals surface area contributed by atoms with Gasteiger partial charge in [0.15, 0.2) is 9.84 Å². The van der Waals surface area contributed by atoms with Crippen LogP contribution in [0.5, 0.6) is 0 Å². The van der Waals surface area contributed by atoms with Gasteiger partial charge in [-0.2, -0.15) is 0 Å². The summed E-state index contributed by atoms with van der Waals surface area (Å²) in [5.41, 5.74) is 6.17. The van der Waals surface area contributed by atoms with Crippen LogP contribution in [-0.2, 0) is 20.6 Å². The monoisotopic (exact) mass is 367 g/mol. The fourth-order valence-corrected chi connectivity index (χ4v) is 5.05. The molecule has 0 bridgehead atoms. The molecule has 1 unspecified atom stereocenters. The highest BCUT2D eigenvalue weighted by Crippen LogP contribution is 2.24. The van der Waals surface area contributed by atoms with Crippen LogP contribution in [0.25, 0.3) is 0 Å². The Morgan fingerprint density at radius 3 is 2.37 bits per heavy atom. The van der Waals surface area contributed by atoms with E-state index in [1.807, 2.05) is 0 Å². The maximum atomic E-state index is 12.1. The molecule has 1 rings (SSSR count). The minimum atomic E-state index is -3.25. The molecule has 0 saturated carbocycles. The zero-order chi connectivity index (χ0) is 14.8. The summed E-state index contributed by atoms with van der Waals surface area (Å²) in [7, 11) is -4.62. The Hall–Kier alpha value is -0.400. The Labute approximate surface area is 125 Å². The first kappa shape index (κ1) is 16.7. The maximum Gasteiger partial charge on any atom is 0.156 e. The van der Waals surface area contributed by atoms with Crippen LogP contribution < -0.4 is 5.73 Å². The van der Waals surface area contributed by atoms with E-state index in [1.54, 1.807) is 39.0 Å². The van der Waals surface area contributed by atoms with Crippen molar-refractivity contribution in [2.75, 3.05) is 17.2 Å². The number of hydrogen-bond donors (Lipinski definition) is 1. The number of rotatable bonds is 4. The van der Waals surface area contributed by atoms with Crippen molar-refractivity contribution >= 4 is 42.3 Å². The van der Waals surface area contributed by atoms with E-state index < -0.39 is 25.4 Å². The maximum absolute atomic E-state index is 12.1. The molecule has 1 aromatic rings. The Bertz CT molecular complexity index is 591. The molecule has 0 saturated heterocycles. The SMILES string of the molecule is CC(C)(C)S(=O)(=O)CCS(=O)c1ccc(N)cc1Br. The molecule has 0 radical (unpaired) electrons. The van der Waals surface area contributed by atoms with Crippen molar-refractivity contribution in [2.24, 2.45) is 0 Å². The summed E-state index contributed by atoms with van der Waals surface area (Å²) in [6.07, 6.45) is 0. The van der Waals surface area contributed by atoms with Crippen LogP contribution in [-0.4, -0.2) is 28.9 Å². The molecule has 7 heteroatoms. The predicted molar refractivity (Wildman–Crippen MR) is 83.4 cm³/mol. The summed E-state index contributed by atoms with van der Waals surface area (Å²) in [4.78, 5) is 0.568. The van der Waals surface area contributed by atoms with Crippen molar-refractivity contribution in [3.05, 3.63) is 22.7 Å². The summed E-state index contributed by atoms with van der Waals surface area (Å²) in [5.74, 6) is -0.0119. The van der Waals surface area contributed by atoms with Crippen LogP contribution in [0.4, 0.5) is 5.69 Å². The van der Waals surface area contributed by atoms with Gasteiger partial charge in [-0.05, 0) is 54.9 Å². The highest BCUT2D eigenvalue weighted by Gasteiger charge is 2.29. The average Bonchev–Trinajstić information content (AvgIpc) is 2.24. The van der Waals surface area contributed by atoms with Crippen molar-refractivity contribution in [2.45, 2.75) is 30.4 Å². The summed E-state index contributed by atoms with van der Waals surface area (Å²) in [6, 6.07) is 4.96. The highest BCUT2D eigenvalue weighted by atomic mass is 79.9. The molecule has 4 nitrogen and oxygen atoms in total. The molecular weight excluding hydrogens is 350 g/mol. The normalized spacial score (nSPS) is 14.3. The summed E-state index contributed by atoms with van der Waals surface area (Å²) in [5, 5.41) is 0. The van der Waals surface area contributed by atoms with Crippen molar-refractivity contribution < 1.29 is 12.6 Å². The number of hydrogen-bond acceptors (Lipinski definition) is 4. The molecule has 0 aliphatic rings. The number of sulfone groups is 1. The Morgan fingerprint density at radius 2 is 1.89 bits per heavy atom. The molecule has 0 spiro atoms. The quantitative estimate of drug-likeness (QED) is 0.828. The molecule has 1 aromatic carbocycles. The lowest BCUT2D eigenvalue weighted by molar-refractivity contribution is 0.561. The van der Waals surface area contributed by atoms with Gasteiger partial charge in [0, 0.05) is 15.9 Å². The minimum absolute atomic E-state index is 0.0854. The van der Waals surface area contributed by atoms with Crippen LogP contribution in [0.3, 0.4) is 0 Å². The molecule has 0 aliphatic heterocycles. The van der Waals surface area contributed by atoms with Gasteiger partial charge in [-0.25, -0.2) is 8.42 Å². The predicted octanol–water partition coefficient (Wildman–Crippen LogP) is 2.35. The number of nitrogens with two attached hydrogens (primary N) is 1. The summed E-state index contributed by atoms with van der Waals surface area (Å²) >= 11 is 3.29. The third kappa shape index (κ3) is 4.29. The van der Waals surface area contributed by atoms with Gasteiger partial charge in [0.1, 0.15) is 0 Å². The van der Waals surface area contributed by atoms with Crippen LogP contribution in [0.15, 0.2) is 27.6 Å². The van der Waals surface area contributed by atoms with Gasteiger partial charge in [-0.1, -0.05) is 0 Å². The lowest BCUT2D eigenvalue weighted by atomic mass is 10.3. The van der Waals surface area contributed by atoms with E-state index in [2.05, 4.69) is 15.9 Å². The van der Waals surface area contributed by atoms with E-state index in [-0.39, 0.29) is 11.5 Å². The standard InChI is InChI=1S/C12H18BrNO3S2/c1-12(2,3)19(16,17)7-6-18(15)11-5-4-9(14)8-10(11)13/h4-5,8H,6-7,14H2,1-3H3. The number of halogens is 1. The zero-order valence-electron chi connectivity index (χ0n) is 11.1. The lowest BCUT2D eigenvalue weighted by Crippen LogP contribution is -2.32. The number of nitrogen functional groups attached to an aromatic ring is 1. The number of anilines is 1. The van der Waals surface area contributed by atoms with Crippen molar-refractivity contribution in [3.63, 3.8) is 0 Å². The second kappa shape index (κ2) is 5.93. The van der Waals surface area contributed by atoms with Crippen LogP contribution in [0.2, 0.25) is 0 Å². The first-order valence-electron chi connectivity index (χ1n) is 5.70. The van der Waals surface area contributed by atoms with E-state index >= 15 is 0 Å². The molecular formula is C12H18BrNO3S2. The van der Waals surface area contributed by atoms with Gasteiger partial charge < -0.3 is 5.73 Å². The van der Waals surface area contributed by atoms with Gasteiger partial charge in [0.25, 0.3) is 0 Å². The van der Waals surface area contributed by atoms with Crippen LogP contribution in [0, 0.1) is 0 Å². The summed E-state index contributed by atoms with van der Waals surface area (Å²) in [6.45, 7) is 4.93. The highest BCUT2D eigenvalue weighted by molar-refractivity contribution is 9.10. The molecule has 2 N–H and O–H groups in total. The van der Waals surface area contributed by atoms with Gasteiger partial charge >= 0.3 is 0 Å².